The molecule has 150 valence electrons. The van der Waals surface area contributed by atoms with Gasteiger partial charge in [0.25, 0.3) is 0 Å². The summed E-state index contributed by atoms with van der Waals surface area (Å²) in [5.74, 6) is -5.09. The zero-order valence-electron chi connectivity index (χ0n) is 14.7. The van der Waals surface area contributed by atoms with Crippen molar-refractivity contribution in [2.24, 2.45) is 11.8 Å². The summed E-state index contributed by atoms with van der Waals surface area (Å²) in [4.78, 5) is 59.6. The van der Waals surface area contributed by atoms with Crippen LogP contribution in [-0.4, -0.2) is 66.8 Å². The smallest absolute Gasteiger partial charge is 0.344 e. The van der Waals surface area contributed by atoms with E-state index in [1.54, 1.807) is 0 Å². The van der Waals surface area contributed by atoms with E-state index in [4.69, 9.17) is 18.9 Å². The minimum Gasteiger partial charge on any atom is -0.455 e. The Kier molecular flexibility index (Phi) is 4.66. The maximum atomic E-state index is 12.7. The van der Waals surface area contributed by atoms with Gasteiger partial charge in [-0.05, 0) is 12.8 Å². The highest BCUT2D eigenvalue weighted by atomic mass is 16.7. The second-order valence-corrected chi connectivity index (χ2v) is 7.07. The average Bonchev–Trinajstić information content (AvgIpc) is 3.38. The number of ketones is 1. The highest BCUT2D eigenvalue weighted by Gasteiger charge is 2.72. The van der Waals surface area contributed by atoms with Crippen LogP contribution < -0.4 is 0 Å². The van der Waals surface area contributed by atoms with E-state index in [1.807, 2.05) is 0 Å². The molecule has 4 fully saturated rings. The molecule has 0 aromatic heterocycles. The molecule has 0 radical (unpaired) electrons. The van der Waals surface area contributed by atoms with Gasteiger partial charge in [-0.25, -0.2) is 9.59 Å². The molecule has 0 aromatic rings. The Morgan fingerprint density at radius 1 is 1.14 bits per heavy atom. The maximum absolute atomic E-state index is 12.7. The topological polar surface area (TPSA) is 132 Å². The monoisotopic (exact) mass is 394 g/mol. The summed E-state index contributed by atoms with van der Waals surface area (Å²) in [5, 5.41) is 0. The molecule has 10 nitrogen and oxygen atoms in total. The number of fused-ring (bicyclic) bond motifs is 1. The van der Waals surface area contributed by atoms with Gasteiger partial charge in [-0.3, -0.25) is 14.4 Å². The van der Waals surface area contributed by atoms with E-state index in [0.717, 1.165) is 6.08 Å². The predicted molar refractivity (Wildman–Crippen MR) is 85.3 cm³/mol. The van der Waals surface area contributed by atoms with E-state index in [0.29, 0.717) is 19.3 Å². The van der Waals surface area contributed by atoms with Crippen LogP contribution in [0.1, 0.15) is 19.3 Å². The molecule has 10 heteroatoms. The van der Waals surface area contributed by atoms with Crippen LogP contribution in [0.3, 0.4) is 0 Å². The van der Waals surface area contributed by atoms with Gasteiger partial charge in [0.05, 0.1) is 0 Å². The van der Waals surface area contributed by atoms with E-state index in [2.05, 4.69) is 11.3 Å². The largest absolute Gasteiger partial charge is 0.455 e. The molecule has 7 atom stereocenters. The van der Waals surface area contributed by atoms with Gasteiger partial charge in [0.2, 0.25) is 0 Å². The van der Waals surface area contributed by atoms with Crippen LogP contribution in [0.2, 0.25) is 0 Å². The van der Waals surface area contributed by atoms with Crippen molar-refractivity contribution in [1.29, 1.82) is 0 Å². The number of carbonyl (C=O) groups excluding carboxylic acids is 5. The third-order valence-electron chi connectivity index (χ3n) is 5.45. The molecule has 28 heavy (non-hydrogen) atoms. The molecule has 3 heterocycles. The number of carbonyl (C=O) groups is 5. The van der Waals surface area contributed by atoms with Crippen molar-refractivity contribution in [3.05, 3.63) is 12.7 Å². The van der Waals surface area contributed by atoms with Crippen molar-refractivity contribution in [3.8, 4) is 0 Å². The quantitative estimate of drug-likeness (QED) is 0.321. The fraction of sp³-hybridized carbons (Fsp3) is 0.611. The normalized spacial score (nSPS) is 37.5. The Bertz CT molecular complexity index is 757. The second kappa shape index (κ2) is 7.01. The van der Waals surface area contributed by atoms with Gasteiger partial charge in [0.15, 0.2) is 30.7 Å². The molecule has 0 N–H and O–H groups in total. The molecule has 0 spiro atoms. The van der Waals surface area contributed by atoms with Crippen LogP contribution in [0.4, 0.5) is 0 Å². The number of hydrogen-bond donors (Lipinski definition) is 0. The Balaban J connectivity index is 1.45. The van der Waals surface area contributed by atoms with Crippen molar-refractivity contribution >= 4 is 29.7 Å². The zero-order chi connectivity index (χ0) is 20.0. The first-order valence-corrected chi connectivity index (χ1v) is 8.98. The zero-order valence-corrected chi connectivity index (χ0v) is 14.7. The van der Waals surface area contributed by atoms with Crippen LogP contribution in [0.25, 0.3) is 0 Å². The van der Waals surface area contributed by atoms with Gasteiger partial charge < -0.3 is 23.7 Å². The summed E-state index contributed by atoms with van der Waals surface area (Å²) in [6, 6.07) is 0. The number of Topliss-reactive ketones (excluding diaryl/α,β-unsaturated/α-hetero) is 1. The van der Waals surface area contributed by atoms with Crippen molar-refractivity contribution in [2.75, 3.05) is 6.61 Å². The summed E-state index contributed by atoms with van der Waals surface area (Å²) in [6.07, 6.45) is -2.02. The second-order valence-electron chi connectivity index (χ2n) is 7.07. The lowest BCUT2D eigenvalue weighted by Gasteiger charge is -2.27. The van der Waals surface area contributed by atoms with E-state index in [-0.39, 0.29) is 5.78 Å². The third-order valence-corrected chi connectivity index (χ3v) is 5.45. The highest BCUT2D eigenvalue weighted by Crippen LogP contribution is 2.51. The SMILES string of the molecule is C=CC(=O)OCC(=O)OC1C2OC(=O)C3C2OC1C3C(=O)OC1CCCC1=O. The first-order valence-electron chi connectivity index (χ1n) is 8.98. The van der Waals surface area contributed by atoms with E-state index >= 15 is 0 Å². The van der Waals surface area contributed by atoms with Crippen molar-refractivity contribution < 1.29 is 47.7 Å². The summed E-state index contributed by atoms with van der Waals surface area (Å²) in [7, 11) is 0. The van der Waals surface area contributed by atoms with Crippen LogP contribution in [0.15, 0.2) is 12.7 Å². The maximum Gasteiger partial charge on any atom is 0.344 e. The van der Waals surface area contributed by atoms with Gasteiger partial charge >= 0.3 is 23.9 Å². The van der Waals surface area contributed by atoms with Gasteiger partial charge in [0.1, 0.15) is 24.0 Å². The number of esters is 4. The lowest BCUT2D eigenvalue weighted by atomic mass is 9.78. The van der Waals surface area contributed by atoms with Gasteiger partial charge in [-0.1, -0.05) is 6.58 Å². The van der Waals surface area contributed by atoms with Crippen molar-refractivity contribution in [1.82, 2.24) is 0 Å². The fourth-order valence-electron chi connectivity index (χ4n) is 4.24. The standard InChI is InChI=1S/C18H18O10/c1-2-9(20)24-6-10(21)26-15-13-11(12-14(27-13)16(15)28-18(12)23)17(22)25-8-5-3-4-7(8)19/h2,8,11-16H,1,3-6H2. The predicted octanol–water partition coefficient (Wildman–Crippen LogP) is -0.769. The first-order chi connectivity index (χ1) is 13.4. The van der Waals surface area contributed by atoms with Gasteiger partial charge in [-0.15, -0.1) is 0 Å². The number of hydrogen-bond acceptors (Lipinski definition) is 10. The molecule has 3 aliphatic heterocycles. The summed E-state index contributed by atoms with van der Waals surface area (Å²) in [5.41, 5.74) is 0. The molecule has 4 aliphatic rings. The van der Waals surface area contributed by atoms with Crippen LogP contribution >= 0.6 is 0 Å². The molecule has 1 saturated carbocycles. The van der Waals surface area contributed by atoms with Gasteiger partial charge in [-0.2, -0.15) is 0 Å². The van der Waals surface area contributed by atoms with Crippen molar-refractivity contribution in [3.63, 3.8) is 0 Å². The summed E-state index contributed by atoms with van der Waals surface area (Å²) >= 11 is 0. The third kappa shape index (κ3) is 2.97. The average molecular weight is 394 g/mol. The Morgan fingerprint density at radius 3 is 2.61 bits per heavy atom. The van der Waals surface area contributed by atoms with E-state index < -0.39 is 72.8 Å². The molecule has 0 amide bonds. The molecule has 2 bridgehead atoms. The van der Waals surface area contributed by atoms with Gasteiger partial charge in [0, 0.05) is 12.5 Å². The Hall–Kier alpha value is -2.75. The molecule has 4 rings (SSSR count). The molecule has 0 aromatic carbocycles. The number of ether oxygens (including phenoxy) is 5. The Labute approximate surface area is 159 Å². The molecule has 1 aliphatic carbocycles. The minimum absolute atomic E-state index is 0.156. The molecule has 3 saturated heterocycles. The van der Waals surface area contributed by atoms with Crippen LogP contribution in [0, 0.1) is 11.8 Å². The Morgan fingerprint density at radius 2 is 1.93 bits per heavy atom. The number of rotatable bonds is 6. The summed E-state index contributed by atoms with van der Waals surface area (Å²) in [6.45, 7) is 2.55. The first kappa shape index (κ1) is 18.6. The lowest BCUT2D eigenvalue weighted by Crippen LogP contribution is -2.48. The fourth-order valence-corrected chi connectivity index (χ4v) is 4.24. The van der Waals surface area contributed by atoms with Crippen LogP contribution in [-0.2, 0) is 47.7 Å². The van der Waals surface area contributed by atoms with E-state index in [9.17, 15) is 24.0 Å². The van der Waals surface area contributed by atoms with Crippen LogP contribution in [0.5, 0.6) is 0 Å². The van der Waals surface area contributed by atoms with Crippen molar-refractivity contribution in [2.45, 2.75) is 49.8 Å². The molecular weight excluding hydrogens is 376 g/mol. The summed E-state index contributed by atoms with van der Waals surface area (Å²) < 4.78 is 26.1. The lowest BCUT2D eigenvalue weighted by molar-refractivity contribution is -0.171. The highest BCUT2D eigenvalue weighted by molar-refractivity contribution is 5.90. The van der Waals surface area contributed by atoms with E-state index in [1.165, 1.54) is 0 Å². The molecule has 7 unspecified atom stereocenters. The minimum atomic E-state index is -1.03. The molecular formula is C18H18O10.